The lowest BCUT2D eigenvalue weighted by Gasteiger charge is -2.37. The second-order valence-electron chi connectivity index (χ2n) is 10.2. The normalized spacial score (nSPS) is 17.5. The summed E-state index contributed by atoms with van der Waals surface area (Å²) in [4.78, 5) is 33.7. The van der Waals surface area contributed by atoms with Crippen LogP contribution in [0.2, 0.25) is 0 Å². The number of carbonyl (C=O) groups is 1. The number of halogens is 1. The fourth-order valence-corrected chi connectivity index (χ4v) is 5.25. The van der Waals surface area contributed by atoms with E-state index in [4.69, 9.17) is 14.7 Å². The topological polar surface area (TPSA) is 86.7 Å². The first-order valence-corrected chi connectivity index (χ1v) is 13.6. The lowest BCUT2D eigenvalue weighted by molar-refractivity contribution is 0.0936. The summed E-state index contributed by atoms with van der Waals surface area (Å²) >= 11 is 0. The molecule has 3 aromatic rings. The average molecular weight is 534 g/mol. The van der Waals surface area contributed by atoms with E-state index in [-0.39, 0.29) is 11.7 Å². The van der Waals surface area contributed by atoms with Crippen LogP contribution < -0.4 is 20.0 Å². The molecule has 1 aromatic carbocycles. The van der Waals surface area contributed by atoms with Crippen molar-refractivity contribution in [1.29, 1.82) is 0 Å². The molecule has 2 saturated heterocycles. The molecule has 10 heteroatoms. The summed E-state index contributed by atoms with van der Waals surface area (Å²) in [6.07, 6.45) is 3.89. The number of pyridine rings is 1. The molecular weight excluding hydrogens is 497 g/mol. The van der Waals surface area contributed by atoms with Gasteiger partial charge in [-0.3, -0.25) is 4.79 Å². The highest BCUT2D eigenvalue weighted by Crippen LogP contribution is 2.30. The second kappa shape index (κ2) is 11.9. The molecule has 1 unspecified atom stereocenters. The van der Waals surface area contributed by atoms with Gasteiger partial charge in [-0.1, -0.05) is 0 Å². The van der Waals surface area contributed by atoms with E-state index in [9.17, 15) is 9.18 Å². The molecule has 9 nitrogen and oxygen atoms in total. The molecule has 4 heterocycles. The molecule has 0 spiro atoms. The monoisotopic (exact) mass is 533 g/mol. The van der Waals surface area contributed by atoms with Gasteiger partial charge >= 0.3 is 0 Å². The molecule has 0 saturated carbocycles. The molecule has 2 aliphatic heterocycles. The van der Waals surface area contributed by atoms with Gasteiger partial charge in [0.2, 0.25) is 5.95 Å². The molecule has 2 fully saturated rings. The molecule has 1 atom stereocenters. The number of piperazine rings is 1. The summed E-state index contributed by atoms with van der Waals surface area (Å²) in [5.74, 6) is 2.09. The van der Waals surface area contributed by atoms with Crippen LogP contribution in [-0.2, 0) is 4.74 Å². The predicted molar refractivity (Wildman–Crippen MR) is 151 cm³/mol. The standard InChI is InChI=1S/C29H36FN7O2/c1-20-17-23(28(38)31-10-16-39-3)19-32-27(20)36-14-12-35(13-15-36)26-18-25(22-6-8-24(30)9-7-22)33-29(34-26)37-11-4-5-21(37)2/h6-9,17-19,21H,4-5,10-16H2,1-3H3,(H,31,38). The Morgan fingerprint density at radius 3 is 2.49 bits per heavy atom. The maximum Gasteiger partial charge on any atom is 0.252 e. The Morgan fingerprint density at radius 2 is 1.82 bits per heavy atom. The molecule has 1 N–H and O–H groups in total. The number of hydrogen-bond acceptors (Lipinski definition) is 8. The highest BCUT2D eigenvalue weighted by atomic mass is 19.1. The van der Waals surface area contributed by atoms with E-state index in [2.05, 4.69) is 31.9 Å². The van der Waals surface area contributed by atoms with Crippen LogP contribution in [0.4, 0.5) is 22.0 Å². The van der Waals surface area contributed by atoms with Crippen LogP contribution in [0.1, 0.15) is 35.7 Å². The summed E-state index contributed by atoms with van der Waals surface area (Å²) in [5.41, 5.74) is 3.18. The Labute approximate surface area is 229 Å². The van der Waals surface area contributed by atoms with Crippen LogP contribution in [0.15, 0.2) is 42.6 Å². The van der Waals surface area contributed by atoms with Crippen molar-refractivity contribution < 1.29 is 13.9 Å². The summed E-state index contributed by atoms with van der Waals surface area (Å²) in [6.45, 7) is 9.17. The Kier molecular flexibility index (Phi) is 8.21. The van der Waals surface area contributed by atoms with Crippen LogP contribution in [-0.4, -0.2) is 79.9 Å². The van der Waals surface area contributed by atoms with E-state index in [1.165, 1.54) is 12.1 Å². The summed E-state index contributed by atoms with van der Waals surface area (Å²) in [5, 5.41) is 2.84. The van der Waals surface area contributed by atoms with Crippen LogP contribution in [0, 0.1) is 12.7 Å². The number of nitrogens with zero attached hydrogens (tertiary/aromatic N) is 6. The van der Waals surface area contributed by atoms with Gasteiger partial charge in [0.25, 0.3) is 5.91 Å². The molecule has 0 bridgehead atoms. The zero-order chi connectivity index (χ0) is 27.4. The van der Waals surface area contributed by atoms with Gasteiger partial charge < -0.3 is 24.8 Å². The Morgan fingerprint density at radius 1 is 1.08 bits per heavy atom. The number of aryl methyl sites for hydroxylation is 1. The zero-order valence-electron chi connectivity index (χ0n) is 22.9. The third-order valence-corrected chi connectivity index (χ3v) is 7.46. The highest BCUT2D eigenvalue weighted by molar-refractivity contribution is 5.94. The molecule has 39 heavy (non-hydrogen) atoms. The number of anilines is 3. The van der Waals surface area contributed by atoms with Crippen molar-refractivity contribution in [3.63, 3.8) is 0 Å². The van der Waals surface area contributed by atoms with Gasteiger partial charge in [0.15, 0.2) is 0 Å². The van der Waals surface area contributed by atoms with E-state index in [0.717, 1.165) is 80.0 Å². The van der Waals surface area contributed by atoms with Gasteiger partial charge in [-0.25, -0.2) is 14.4 Å². The van der Waals surface area contributed by atoms with Crippen molar-refractivity contribution in [3.8, 4) is 11.3 Å². The number of rotatable bonds is 8. The number of ether oxygens (including phenoxy) is 1. The predicted octanol–water partition coefficient (Wildman–Crippen LogP) is 3.68. The summed E-state index contributed by atoms with van der Waals surface area (Å²) in [6, 6.07) is 10.8. The van der Waals surface area contributed by atoms with E-state index in [1.54, 1.807) is 25.4 Å². The Balaban J connectivity index is 1.32. The maximum atomic E-state index is 13.6. The molecule has 2 aliphatic rings. The van der Waals surface area contributed by atoms with Crippen molar-refractivity contribution in [3.05, 3.63) is 59.5 Å². The van der Waals surface area contributed by atoms with Gasteiger partial charge in [-0.2, -0.15) is 4.98 Å². The van der Waals surface area contributed by atoms with Crippen LogP contribution in [0.25, 0.3) is 11.3 Å². The Bertz CT molecular complexity index is 1300. The van der Waals surface area contributed by atoms with Crippen molar-refractivity contribution >= 4 is 23.5 Å². The zero-order valence-corrected chi connectivity index (χ0v) is 22.9. The highest BCUT2D eigenvalue weighted by Gasteiger charge is 2.26. The quantitative estimate of drug-likeness (QED) is 0.439. The largest absolute Gasteiger partial charge is 0.383 e. The minimum absolute atomic E-state index is 0.150. The van der Waals surface area contributed by atoms with Crippen molar-refractivity contribution in [1.82, 2.24) is 20.3 Å². The fourth-order valence-electron chi connectivity index (χ4n) is 5.25. The van der Waals surface area contributed by atoms with Gasteiger partial charge in [-0.15, -0.1) is 0 Å². The smallest absolute Gasteiger partial charge is 0.252 e. The number of hydrogen-bond donors (Lipinski definition) is 1. The first kappa shape index (κ1) is 26.8. The number of benzene rings is 1. The number of methoxy groups -OCH3 is 1. The van der Waals surface area contributed by atoms with Gasteiger partial charge in [0.1, 0.15) is 17.5 Å². The molecule has 0 aliphatic carbocycles. The Hall–Kier alpha value is -3.79. The molecule has 5 rings (SSSR count). The summed E-state index contributed by atoms with van der Waals surface area (Å²) < 4.78 is 18.6. The van der Waals surface area contributed by atoms with Gasteiger partial charge in [-0.05, 0) is 62.6 Å². The first-order valence-electron chi connectivity index (χ1n) is 13.6. The van der Waals surface area contributed by atoms with E-state index < -0.39 is 0 Å². The van der Waals surface area contributed by atoms with Gasteiger partial charge in [0, 0.05) is 70.2 Å². The fraction of sp³-hybridized carbons (Fsp3) is 0.448. The third kappa shape index (κ3) is 6.11. The van der Waals surface area contributed by atoms with E-state index >= 15 is 0 Å². The number of amides is 1. The average Bonchev–Trinajstić information content (AvgIpc) is 3.39. The first-order chi connectivity index (χ1) is 18.9. The number of nitrogens with one attached hydrogen (secondary N) is 1. The lowest BCUT2D eigenvalue weighted by atomic mass is 10.1. The molecule has 206 valence electrons. The van der Waals surface area contributed by atoms with Crippen molar-refractivity contribution in [2.75, 3.05) is 67.7 Å². The minimum atomic E-state index is -0.263. The van der Waals surface area contributed by atoms with Crippen LogP contribution in [0.3, 0.4) is 0 Å². The second-order valence-corrected chi connectivity index (χ2v) is 10.2. The van der Waals surface area contributed by atoms with Crippen LogP contribution >= 0.6 is 0 Å². The lowest BCUT2D eigenvalue weighted by Crippen LogP contribution is -2.47. The molecule has 1 amide bonds. The van der Waals surface area contributed by atoms with Crippen molar-refractivity contribution in [2.45, 2.75) is 32.7 Å². The molecule has 0 radical (unpaired) electrons. The molecular formula is C29H36FN7O2. The van der Waals surface area contributed by atoms with E-state index in [1.807, 2.05) is 19.1 Å². The van der Waals surface area contributed by atoms with E-state index in [0.29, 0.717) is 24.8 Å². The van der Waals surface area contributed by atoms with Crippen molar-refractivity contribution in [2.24, 2.45) is 0 Å². The third-order valence-electron chi connectivity index (χ3n) is 7.46. The maximum absolute atomic E-state index is 13.6. The van der Waals surface area contributed by atoms with Crippen LogP contribution in [0.5, 0.6) is 0 Å². The SMILES string of the molecule is COCCNC(=O)c1cnc(N2CCN(c3cc(-c4ccc(F)cc4)nc(N4CCCC4C)n3)CC2)c(C)c1. The number of carbonyl (C=O) groups excluding carboxylic acids is 1. The minimum Gasteiger partial charge on any atom is -0.383 e. The number of aromatic nitrogens is 3. The summed E-state index contributed by atoms with van der Waals surface area (Å²) in [7, 11) is 1.61. The van der Waals surface area contributed by atoms with Gasteiger partial charge in [0.05, 0.1) is 17.9 Å². The molecule has 2 aromatic heterocycles.